The summed E-state index contributed by atoms with van der Waals surface area (Å²) in [7, 11) is 0. The van der Waals surface area contributed by atoms with Crippen LogP contribution in [-0.2, 0) is 4.74 Å². The van der Waals surface area contributed by atoms with Gasteiger partial charge in [0, 0.05) is 23.4 Å². The molecule has 37 heavy (non-hydrogen) atoms. The quantitative estimate of drug-likeness (QED) is 0.306. The minimum atomic E-state index is -0.547. The van der Waals surface area contributed by atoms with Crippen molar-refractivity contribution in [2.75, 3.05) is 18.5 Å². The van der Waals surface area contributed by atoms with Gasteiger partial charge >= 0.3 is 6.09 Å². The van der Waals surface area contributed by atoms with Crippen LogP contribution in [0, 0.1) is 16.7 Å². The number of hydrogen-bond acceptors (Lipinski definition) is 9. The standard InChI is InChI=1S/C26H27N7O4/c1-25(2,3)37-24(34)30-14-26(7-8-26)15-36-19-5-4-16-6-9-35-23(16)22(19)18-10-20(33-32-18)31-21-13-28-17(11-27)12-29-21/h4-6,9-10,12-13H,7-8,14-15H2,1-3H3,(H,30,34)(H2,29,31,32,33). The molecule has 0 atom stereocenters. The molecule has 1 fully saturated rings. The number of nitriles is 1. The summed E-state index contributed by atoms with van der Waals surface area (Å²) in [5.74, 6) is 1.61. The Bertz CT molecular complexity index is 1460. The van der Waals surface area contributed by atoms with E-state index in [2.05, 4.69) is 30.8 Å². The van der Waals surface area contributed by atoms with Gasteiger partial charge in [0.1, 0.15) is 28.8 Å². The monoisotopic (exact) mass is 501 g/mol. The maximum absolute atomic E-state index is 12.1. The Morgan fingerprint density at radius 1 is 1.22 bits per heavy atom. The molecular formula is C26H27N7O4. The molecule has 0 spiro atoms. The number of alkyl carbamates (subject to hydrolysis) is 1. The van der Waals surface area contributed by atoms with Gasteiger partial charge < -0.3 is 24.5 Å². The second kappa shape index (κ2) is 9.46. The van der Waals surface area contributed by atoms with Gasteiger partial charge in [-0.25, -0.2) is 14.8 Å². The number of carbonyl (C=O) groups is 1. The summed E-state index contributed by atoms with van der Waals surface area (Å²) in [6, 6.07) is 9.50. The Kier molecular flexibility index (Phi) is 6.17. The van der Waals surface area contributed by atoms with Gasteiger partial charge in [0.25, 0.3) is 0 Å². The summed E-state index contributed by atoms with van der Waals surface area (Å²) >= 11 is 0. The summed E-state index contributed by atoms with van der Waals surface area (Å²) in [6.45, 7) is 6.42. The fraction of sp³-hybridized carbons (Fsp3) is 0.346. The maximum atomic E-state index is 12.1. The first-order valence-corrected chi connectivity index (χ1v) is 11.9. The molecule has 1 aliphatic carbocycles. The number of anilines is 2. The topological polar surface area (TPSA) is 151 Å². The molecule has 0 aliphatic heterocycles. The lowest BCUT2D eigenvalue weighted by Gasteiger charge is -2.22. The Morgan fingerprint density at radius 2 is 2.05 bits per heavy atom. The molecule has 5 rings (SSSR count). The number of nitrogens with zero attached hydrogens (tertiary/aromatic N) is 4. The van der Waals surface area contributed by atoms with E-state index >= 15 is 0 Å². The van der Waals surface area contributed by atoms with Crippen LogP contribution in [-0.4, -0.2) is 45.0 Å². The number of H-pyrrole nitrogens is 1. The van der Waals surface area contributed by atoms with Crippen molar-refractivity contribution in [3.05, 3.63) is 48.6 Å². The summed E-state index contributed by atoms with van der Waals surface area (Å²) in [6.07, 6.45) is 5.95. The van der Waals surface area contributed by atoms with Crippen molar-refractivity contribution in [1.29, 1.82) is 5.26 Å². The number of benzene rings is 1. The molecule has 11 nitrogen and oxygen atoms in total. The van der Waals surface area contributed by atoms with Crippen LogP contribution >= 0.6 is 0 Å². The summed E-state index contributed by atoms with van der Waals surface area (Å²) in [4.78, 5) is 20.3. The van der Waals surface area contributed by atoms with Crippen molar-refractivity contribution in [2.24, 2.45) is 5.41 Å². The van der Waals surface area contributed by atoms with Gasteiger partial charge in [-0.1, -0.05) is 0 Å². The van der Waals surface area contributed by atoms with Crippen LogP contribution in [0.15, 0.2) is 47.3 Å². The third-order valence-electron chi connectivity index (χ3n) is 5.95. The number of amides is 1. The van der Waals surface area contributed by atoms with Gasteiger partial charge in [0.15, 0.2) is 11.5 Å². The number of rotatable bonds is 8. The molecule has 4 aromatic rings. The Labute approximate surface area is 213 Å². The lowest BCUT2D eigenvalue weighted by molar-refractivity contribution is 0.0509. The van der Waals surface area contributed by atoms with E-state index in [-0.39, 0.29) is 11.1 Å². The highest BCUT2D eigenvalue weighted by Crippen LogP contribution is 2.46. The van der Waals surface area contributed by atoms with E-state index in [1.165, 1.54) is 12.4 Å². The van der Waals surface area contributed by atoms with Crippen molar-refractivity contribution in [3.8, 4) is 23.1 Å². The fourth-order valence-electron chi connectivity index (χ4n) is 3.84. The molecule has 0 saturated heterocycles. The molecule has 3 N–H and O–H groups in total. The van der Waals surface area contributed by atoms with Crippen molar-refractivity contribution in [3.63, 3.8) is 0 Å². The zero-order valence-electron chi connectivity index (χ0n) is 20.8. The predicted octanol–water partition coefficient (Wildman–Crippen LogP) is 4.91. The molecule has 1 aromatic carbocycles. The highest BCUT2D eigenvalue weighted by atomic mass is 16.6. The van der Waals surface area contributed by atoms with E-state index < -0.39 is 11.7 Å². The lowest BCUT2D eigenvalue weighted by atomic mass is 10.1. The summed E-state index contributed by atoms with van der Waals surface area (Å²) in [5, 5.41) is 23.1. The van der Waals surface area contributed by atoms with Gasteiger partial charge in [-0.15, -0.1) is 0 Å². The molecule has 1 aliphatic rings. The smallest absolute Gasteiger partial charge is 0.407 e. The maximum Gasteiger partial charge on any atom is 0.407 e. The molecule has 0 bridgehead atoms. The number of furan rings is 1. The third kappa shape index (κ3) is 5.64. The van der Waals surface area contributed by atoms with Crippen molar-refractivity contribution in [2.45, 2.75) is 39.2 Å². The number of ether oxygens (including phenoxy) is 2. The first-order chi connectivity index (χ1) is 17.7. The molecule has 3 aromatic heterocycles. The van der Waals surface area contributed by atoms with Crippen LogP contribution in [0.3, 0.4) is 0 Å². The van der Waals surface area contributed by atoms with Crippen molar-refractivity contribution >= 4 is 28.7 Å². The minimum Gasteiger partial charge on any atom is -0.492 e. The molecule has 1 amide bonds. The Hall–Kier alpha value is -4.59. The second-order valence-electron chi connectivity index (χ2n) is 10.1. The number of carbonyl (C=O) groups excluding carboxylic acids is 1. The SMILES string of the molecule is CC(C)(C)OC(=O)NCC1(COc2ccc3ccoc3c2-c2cc(Nc3cnc(C#N)cn3)n[nH]2)CC1. The van der Waals surface area contributed by atoms with Gasteiger partial charge in [0.05, 0.1) is 36.5 Å². The van der Waals surface area contributed by atoms with E-state index in [1.54, 1.807) is 6.26 Å². The molecule has 0 radical (unpaired) electrons. The number of aromatic amines is 1. The van der Waals surface area contributed by atoms with E-state index in [9.17, 15) is 4.79 Å². The number of aromatic nitrogens is 4. The second-order valence-corrected chi connectivity index (χ2v) is 10.1. The van der Waals surface area contributed by atoms with Crippen LogP contribution in [0.4, 0.5) is 16.4 Å². The Balaban J connectivity index is 1.32. The summed E-state index contributed by atoms with van der Waals surface area (Å²) < 4.78 is 17.5. The minimum absolute atomic E-state index is 0.138. The van der Waals surface area contributed by atoms with Gasteiger partial charge in [-0.2, -0.15) is 10.4 Å². The number of fused-ring (bicyclic) bond motifs is 1. The van der Waals surface area contributed by atoms with Crippen LogP contribution < -0.4 is 15.4 Å². The van der Waals surface area contributed by atoms with E-state index in [1.807, 2.05) is 51.1 Å². The van der Waals surface area contributed by atoms with Crippen LogP contribution in [0.25, 0.3) is 22.2 Å². The van der Waals surface area contributed by atoms with Crippen molar-refractivity contribution < 1.29 is 18.7 Å². The zero-order valence-corrected chi connectivity index (χ0v) is 20.8. The van der Waals surface area contributed by atoms with Crippen molar-refractivity contribution in [1.82, 2.24) is 25.5 Å². The van der Waals surface area contributed by atoms with E-state index in [4.69, 9.17) is 19.2 Å². The van der Waals surface area contributed by atoms with Gasteiger partial charge in [-0.3, -0.25) is 5.10 Å². The predicted molar refractivity (Wildman–Crippen MR) is 135 cm³/mol. The van der Waals surface area contributed by atoms with Crippen LogP contribution in [0.2, 0.25) is 0 Å². The average molecular weight is 502 g/mol. The molecule has 11 heteroatoms. The first kappa shape index (κ1) is 24.1. The lowest BCUT2D eigenvalue weighted by Crippen LogP contribution is -2.37. The highest BCUT2D eigenvalue weighted by molar-refractivity contribution is 5.95. The molecule has 190 valence electrons. The highest BCUT2D eigenvalue weighted by Gasteiger charge is 2.44. The molecule has 1 saturated carbocycles. The molecule has 3 heterocycles. The third-order valence-corrected chi connectivity index (χ3v) is 5.95. The zero-order chi connectivity index (χ0) is 26.0. The Morgan fingerprint density at radius 3 is 2.76 bits per heavy atom. The largest absolute Gasteiger partial charge is 0.492 e. The summed E-state index contributed by atoms with van der Waals surface area (Å²) in [5.41, 5.74) is 1.65. The van der Waals surface area contributed by atoms with Gasteiger partial charge in [0.2, 0.25) is 0 Å². The molecule has 0 unspecified atom stereocenters. The number of nitrogens with one attached hydrogen (secondary N) is 3. The molecular weight excluding hydrogens is 474 g/mol. The van der Waals surface area contributed by atoms with Gasteiger partial charge in [-0.05, 0) is 51.8 Å². The first-order valence-electron chi connectivity index (χ1n) is 11.9. The van der Waals surface area contributed by atoms with Crippen LogP contribution in [0.5, 0.6) is 5.75 Å². The normalized spacial score (nSPS) is 14.1. The average Bonchev–Trinajstić information content (AvgIpc) is 3.23. The van der Waals surface area contributed by atoms with E-state index in [0.717, 1.165) is 23.8 Å². The number of hydrogen-bond donors (Lipinski definition) is 3. The van der Waals surface area contributed by atoms with E-state index in [0.29, 0.717) is 41.8 Å². The van der Waals surface area contributed by atoms with Crippen LogP contribution in [0.1, 0.15) is 39.3 Å². The fourth-order valence-corrected chi connectivity index (χ4v) is 3.84.